The van der Waals surface area contributed by atoms with Gasteiger partial charge in [0.1, 0.15) is 0 Å². The van der Waals surface area contributed by atoms with Gasteiger partial charge in [-0.2, -0.15) is 4.57 Å². The van der Waals surface area contributed by atoms with Crippen molar-refractivity contribution >= 4 is 64.6 Å². The third kappa shape index (κ3) is 8.42. The standard InChI is InChI=1S/C34H32N2O8S2.K/c1-24(12-18-31-35(20-6-22-45(37,38)39)29-16-14-25-8-2-4-10-27(25)33(29)43-31)13-19-32-36(21-7-23-46(40,41)42)30-17-15-26-9-3-5-11-28(26)34(30)44-32;/h2-5,8-19H,6-7,20-23H2,1H3,(H-,37,38,39,40,41,42);/q;+1/p-1. The Morgan fingerprint density at radius 2 is 1.49 bits per heavy atom. The van der Waals surface area contributed by atoms with E-state index in [-0.39, 0.29) is 77.3 Å². The molecule has 6 rings (SSSR count). The second-order valence-corrected chi connectivity index (χ2v) is 14.1. The minimum Gasteiger partial charge on any atom is -0.748 e. The average molecular weight is 699 g/mol. The van der Waals surface area contributed by atoms with Crippen molar-refractivity contribution in [3.05, 3.63) is 108 Å². The van der Waals surface area contributed by atoms with Gasteiger partial charge in [-0.1, -0.05) is 66.2 Å². The Hall–Kier alpha value is -2.85. The number of rotatable bonds is 11. The van der Waals surface area contributed by atoms with Crippen LogP contribution in [-0.2, 0) is 26.8 Å². The van der Waals surface area contributed by atoms with Crippen LogP contribution in [0.5, 0.6) is 5.75 Å². The summed E-state index contributed by atoms with van der Waals surface area (Å²) in [4.78, 5) is 1.86. The molecular weight excluding hydrogens is 668 g/mol. The van der Waals surface area contributed by atoms with Crippen LogP contribution in [0.2, 0.25) is 0 Å². The van der Waals surface area contributed by atoms with Gasteiger partial charge in [0, 0.05) is 41.3 Å². The van der Waals surface area contributed by atoms with Crippen molar-refractivity contribution in [1.82, 2.24) is 0 Å². The second-order valence-electron chi connectivity index (χ2n) is 11.1. The first-order valence-corrected chi connectivity index (χ1v) is 17.9. The summed E-state index contributed by atoms with van der Waals surface area (Å²) in [7, 11) is -8.72. The maximum absolute atomic E-state index is 11.3. The summed E-state index contributed by atoms with van der Waals surface area (Å²) < 4.78 is 82.1. The number of benzene rings is 4. The predicted molar refractivity (Wildman–Crippen MR) is 175 cm³/mol. The number of nitrogens with zero attached hydrogens (tertiary/aromatic N) is 2. The monoisotopic (exact) mass is 698 g/mol. The number of hydrogen-bond acceptors (Lipinski definition) is 9. The summed E-state index contributed by atoms with van der Waals surface area (Å²) in [5.74, 6) is 0.680. The van der Waals surface area contributed by atoms with Gasteiger partial charge < -0.3 is 23.2 Å². The van der Waals surface area contributed by atoms with E-state index >= 15 is 0 Å². The van der Waals surface area contributed by atoms with Gasteiger partial charge in [0.15, 0.2) is 12.3 Å². The molecule has 0 spiro atoms. The first-order chi connectivity index (χ1) is 22.0. The van der Waals surface area contributed by atoms with Crippen molar-refractivity contribution in [2.24, 2.45) is 0 Å². The molecule has 0 saturated heterocycles. The number of ether oxygens (including phenoxy) is 1. The largest absolute Gasteiger partial charge is 1.00 e. The molecule has 47 heavy (non-hydrogen) atoms. The molecule has 0 bridgehead atoms. The smallest absolute Gasteiger partial charge is 0.748 e. The average Bonchev–Trinajstić information content (AvgIpc) is 3.56. The zero-order valence-corrected chi connectivity index (χ0v) is 30.7. The van der Waals surface area contributed by atoms with Gasteiger partial charge in [-0.15, -0.1) is 0 Å². The van der Waals surface area contributed by atoms with Crippen molar-refractivity contribution in [2.45, 2.75) is 26.3 Å². The van der Waals surface area contributed by atoms with Gasteiger partial charge in [-0.25, -0.2) is 16.8 Å². The van der Waals surface area contributed by atoms with Gasteiger partial charge in [-0.3, -0.25) is 0 Å². The van der Waals surface area contributed by atoms with Gasteiger partial charge >= 0.3 is 57.3 Å². The Morgan fingerprint density at radius 3 is 2.21 bits per heavy atom. The molecule has 4 aromatic carbocycles. The molecule has 0 aliphatic carbocycles. The minimum atomic E-state index is -4.36. The first-order valence-electron chi connectivity index (χ1n) is 14.7. The van der Waals surface area contributed by atoms with Crippen LogP contribution >= 0.6 is 0 Å². The second kappa shape index (κ2) is 14.7. The van der Waals surface area contributed by atoms with E-state index in [1.54, 1.807) is 12.2 Å². The van der Waals surface area contributed by atoms with Crippen LogP contribution in [0.1, 0.15) is 25.7 Å². The summed E-state index contributed by atoms with van der Waals surface area (Å²) in [5.41, 5.74) is 3.06. The Bertz CT molecular complexity index is 2280. The van der Waals surface area contributed by atoms with Crippen molar-refractivity contribution in [1.29, 1.82) is 0 Å². The van der Waals surface area contributed by atoms with E-state index in [0.717, 1.165) is 38.3 Å². The molecule has 1 aromatic heterocycles. The Balaban J connectivity index is 0.00000433. The van der Waals surface area contributed by atoms with E-state index in [0.29, 0.717) is 23.1 Å². The van der Waals surface area contributed by atoms with Crippen molar-refractivity contribution < 1.29 is 91.0 Å². The minimum absolute atomic E-state index is 0. The van der Waals surface area contributed by atoms with Crippen LogP contribution in [0.25, 0.3) is 38.7 Å². The van der Waals surface area contributed by atoms with Crippen LogP contribution in [0, 0.1) is 0 Å². The maximum atomic E-state index is 11.3. The number of aromatic nitrogens is 1. The Labute approximate surface area is 315 Å². The fourth-order valence-electron chi connectivity index (χ4n) is 5.63. The molecule has 0 N–H and O–H groups in total. The van der Waals surface area contributed by atoms with Crippen LogP contribution in [0.3, 0.4) is 0 Å². The number of fused-ring (bicyclic) bond motifs is 6. The normalized spacial score (nSPS) is 14.7. The fraction of sp³-hybridized carbons (Fsp3) is 0.206. The maximum Gasteiger partial charge on any atom is 1.00 e. The molecule has 1 aliphatic heterocycles. The molecule has 0 amide bonds. The number of aryl methyl sites for hydroxylation is 1. The Morgan fingerprint density at radius 1 is 0.851 bits per heavy atom. The summed E-state index contributed by atoms with van der Waals surface area (Å²) in [6.07, 6.45) is 7.55. The first kappa shape index (κ1) is 35.5. The molecule has 238 valence electrons. The van der Waals surface area contributed by atoms with Gasteiger partial charge in [-0.05, 0) is 48.4 Å². The van der Waals surface area contributed by atoms with Crippen LogP contribution in [0.4, 0.5) is 5.69 Å². The van der Waals surface area contributed by atoms with Gasteiger partial charge in [0.2, 0.25) is 11.5 Å². The number of allylic oxidation sites excluding steroid dienone is 4. The molecule has 1 aliphatic rings. The van der Waals surface area contributed by atoms with Crippen molar-refractivity contribution in [2.75, 3.05) is 23.0 Å². The third-order valence-electron chi connectivity index (χ3n) is 7.77. The van der Waals surface area contributed by atoms with E-state index in [9.17, 15) is 25.9 Å². The fourth-order valence-corrected chi connectivity index (χ4v) is 6.59. The van der Waals surface area contributed by atoms with Gasteiger partial charge in [0.25, 0.3) is 5.52 Å². The zero-order chi connectivity index (χ0) is 32.5. The number of hydrogen-bond donors (Lipinski definition) is 0. The van der Waals surface area contributed by atoms with Crippen LogP contribution in [-0.4, -0.2) is 44.0 Å². The molecule has 10 nitrogen and oxygen atoms in total. The molecule has 2 heterocycles. The molecule has 5 aromatic rings. The van der Waals surface area contributed by atoms with E-state index < -0.39 is 31.7 Å². The van der Waals surface area contributed by atoms with E-state index in [2.05, 4.69) is 0 Å². The molecule has 0 radical (unpaired) electrons. The summed E-state index contributed by atoms with van der Waals surface area (Å²) in [5, 5.41) is 3.83. The predicted octanol–water partition coefficient (Wildman–Crippen LogP) is 2.60. The summed E-state index contributed by atoms with van der Waals surface area (Å²) in [6.45, 7) is 2.44. The Kier molecular flexibility index (Phi) is 11.1. The molecule has 0 atom stereocenters. The number of oxazole rings is 1. The van der Waals surface area contributed by atoms with Gasteiger partial charge in [0.05, 0.1) is 32.0 Å². The molecule has 0 unspecified atom stereocenters. The van der Waals surface area contributed by atoms with Crippen molar-refractivity contribution in [3.63, 3.8) is 0 Å². The number of anilines is 1. The summed E-state index contributed by atoms with van der Waals surface area (Å²) in [6, 6.07) is 23.4. The summed E-state index contributed by atoms with van der Waals surface area (Å²) >= 11 is 0. The van der Waals surface area contributed by atoms with Crippen LogP contribution < -0.4 is 65.6 Å². The van der Waals surface area contributed by atoms with Crippen molar-refractivity contribution in [3.8, 4) is 5.75 Å². The van der Waals surface area contributed by atoms with E-state index in [4.69, 9.17) is 9.15 Å². The van der Waals surface area contributed by atoms with Crippen LogP contribution in [0.15, 0.2) is 107 Å². The molecule has 13 heteroatoms. The quantitative estimate of drug-likeness (QED) is 0.0880. The molecule has 0 saturated carbocycles. The van der Waals surface area contributed by atoms with E-state index in [1.165, 1.54) is 0 Å². The molecule has 0 fully saturated rings. The zero-order valence-electron chi connectivity index (χ0n) is 26.0. The molecular formula is C34H31KN2O8S2. The topological polar surface area (TPSA) is 144 Å². The third-order valence-corrected chi connectivity index (χ3v) is 9.35. The van der Waals surface area contributed by atoms with E-state index in [1.807, 2.05) is 101 Å². The SMILES string of the molecule is CC(C=Cc1oc2c3ccccc3ccc2[n+]1CCCS(=O)(=O)[O-])=CC=C1Oc2c(ccc3ccccc23)N1CCCS(=O)(=O)[O-].[K+].